The maximum Gasteiger partial charge on any atom is 0.195 e. The zero-order valence-electron chi connectivity index (χ0n) is 9.46. The number of aromatic amines is 1. The van der Waals surface area contributed by atoms with E-state index in [0.29, 0.717) is 35.2 Å². The van der Waals surface area contributed by atoms with Crippen LogP contribution in [0.4, 0.5) is 0 Å². The predicted octanol–water partition coefficient (Wildman–Crippen LogP) is 1.09. The minimum absolute atomic E-state index is 0.000319. The molecule has 0 fully saturated rings. The summed E-state index contributed by atoms with van der Waals surface area (Å²) in [5, 5.41) is 14.1. The van der Waals surface area contributed by atoms with Crippen molar-refractivity contribution in [2.45, 2.75) is 12.8 Å². The zero-order valence-corrected chi connectivity index (χ0v) is 9.46. The summed E-state index contributed by atoms with van der Waals surface area (Å²) >= 11 is 0. The third-order valence-electron chi connectivity index (χ3n) is 2.76. The van der Waals surface area contributed by atoms with E-state index in [9.17, 15) is 4.79 Å². The Morgan fingerprint density at radius 1 is 1.22 bits per heavy atom. The summed E-state index contributed by atoms with van der Waals surface area (Å²) in [7, 11) is 0. The number of hydrogen-bond donors (Lipinski definition) is 1. The fraction of sp³-hybridized carbons (Fsp3) is 0.167. The predicted molar refractivity (Wildman–Crippen MR) is 64.1 cm³/mol. The van der Waals surface area contributed by atoms with E-state index in [1.807, 2.05) is 12.1 Å². The summed E-state index contributed by atoms with van der Waals surface area (Å²) in [5.41, 5.74) is 1.23. The molecule has 0 bridgehead atoms. The van der Waals surface area contributed by atoms with Crippen molar-refractivity contribution in [2.24, 2.45) is 0 Å². The molecule has 0 aliphatic carbocycles. The van der Waals surface area contributed by atoms with E-state index in [-0.39, 0.29) is 5.43 Å². The number of nitrogens with zero attached hydrogens (tertiary/aromatic N) is 3. The molecule has 0 aliphatic rings. The summed E-state index contributed by atoms with van der Waals surface area (Å²) in [6.45, 7) is 0. The molecular formula is C12H10N4O2. The summed E-state index contributed by atoms with van der Waals surface area (Å²) < 4.78 is 5.43. The molecular weight excluding hydrogens is 232 g/mol. The fourth-order valence-electron chi connectivity index (χ4n) is 1.83. The maximum atomic E-state index is 12.2. The van der Waals surface area contributed by atoms with Gasteiger partial charge in [0, 0.05) is 12.0 Å². The van der Waals surface area contributed by atoms with Crippen LogP contribution in [0.5, 0.6) is 0 Å². The number of para-hydroxylation sites is 1. The minimum Gasteiger partial charge on any atom is -0.464 e. The van der Waals surface area contributed by atoms with E-state index < -0.39 is 0 Å². The highest BCUT2D eigenvalue weighted by atomic mass is 16.3. The molecule has 0 saturated heterocycles. The lowest BCUT2D eigenvalue weighted by atomic mass is 10.1. The third-order valence-corrected chi connectivity index (χ3v) is 2.76. The average molecular weight is 242 g/mol. The second-order valence-corrected chi connectivity index (χ2v) is 3.91. The Morgan fingerprint density at radius 2 is 2.11 bits per heavy atom. The standard InChI is InChI=1S/C12H10N4O2/c17-12-8(5-6-11-13-15-16-14-11)7-18-10-4-2-1-3-9(10)12/h1-4,7H,5-6H2,(H,13,14,15,16). The van der Waals surface area contributed by atoms with Gasteiger partial charge in [0.15, 0.2) is 11.3 Å². The van der Waals surface area contributed by atoms with Gasteiger partial charge < -0.3 is 4.42 Å². The highest BCUT2D eigenvalue weighted by Gasteiger charge is 2.07. The number of rotatable bonds is 3. The Balaban J connectivity index is 1.93. The molecule has 0 unspecified atom stereocenters. The van der Waals surface area contributed by atoms with Crippen molar-refractivity contribution < 1.29 is 4.42 Å². The Bertz CT molecular complexity index is 718. The van der Waals surface area contributed by atoms with Gasteiger partial charge in [-0.15, -0.1) is 10.2 Å². The van der Waals surface area contributed by atoms with Gasteiger partial charge in [-0.2, -0.15) is 5.21 Å². The lowest BCUT2D eigenvalue weighted by Crippen LogP contribution is -2.10. The molecule has 0 saturated carbocycles. The summed E-state index contributed by atoms with van der Waals surface area (Å²) in [5.74, 6) is 0.586. The van der Waals surface area contributed by atoms with E-state index in [4.69, 9.17) is 4.42 Å². The number of benzene rings is 1. The van der Waals surface area contributed by atoms with Crippen LogP contribution in [0.3, 0.4) is 0 Å². The van der Waals surface area contributed by atoms with E-state index in [1.54, 1.807) is 12.1 Å². The summed E-state index contributed by atoms with van der Waals surface area (Å²) in [6.07, 6.45) is 2.59. The lowest BCUT2D eigenvalue weighted by molar-refractivity contribution is 0.591. The number of fused-ring (bicyclic) bond motifs is 1. The van der Waals surface area contributed by atoms with Crippen LogP contribution in [0.2, 0.25) is 0 Å². The summed E-state index contributed by atoms with van der Waals surface area (Å²) in [4.78, 5) is 12.2. The molecule has 1 aromatic carbocycles. The van der Waals surface area contributed by atoms with Crippen molar-refractivity contribution in [1.82, 2.24) is 20.6 Å². The first-order valence-electron chi connectivity index (χ1n) is 5.56. The number of aryl methyl sites for hydroxylation is 2. The van der Waals surface area contributed by atoms with Gasteiger partial charge in [-0.05, 0) is 18.6 Å². The van der Waals surface area contributed by atoms with Crippen LogP contribution in [0.15, 0.2) is 39.7 Å². The SMILES string of the molecule is O=c1c(CCc2nn[nH]n2)coc2ccccc12. The van der Waals surface area contributed by atoms with Crippen LogP contribution < -0.4 is 5.43 Å². The third kappa shape index (κ3) is 1.88. The van der Waals surface area contributed by atoms with Crippen LogP contribution in [0, 0.1) is 0 Å². The number of H-pyrrole nitrogens is 1. The molecule has 18 heavy (non-hydrogen) atoms. The first-order valence-corrected chi connectivity index (χ1v) is 5.56. The quantitative estimate of drug-likeness (QED) is 0.743. The smallest absolute Gasteiger partial charge is 0.195 e. The Kier molecular flexibility index (Phi) is 2.60. The van der Waals surface area contributed by atoms with Crippen molar-refractivity contribution in [3.05, 3.63) is 52.1 Å². The van der Waals surface area contributed by atoms with Crippen molar-refractivity contribution in [3.63, 3.8) is 0 Å². The molecule has 6 heteroatoms. The van der Waals surface area contributed by atoms with Gasteiger partial charge in [0.25, 0.3) is 0 Å². The monoisotopic (exact) mass is 242 g/mol. The second kappa shape index (κ2) is 4.40. The van der Waals surface area contributed by atoms with E-state index in [2.05, 4.69) is 20.6 Å². The number of aromatic nitrogens is 4. The van der Waals surface area contributed by atoms with Crippen LogP contribution in [0.1, 0.15) is 11.4 Å². The summed E-state index contributed by atoms with van der Waals surface area (Å²) in [6, 6.07) is 7.20. The largest absolute Gasteiger partial charge is 0.464 e. The molecule has 6 nitrogen and oxygen atoms in total. The van der Waals surface area contributed by atoms with Crippen LogP contribution in [-0.2, 0) is 12.8 Å². The van der Waals surface area contributed by atoms with Crippen molar-refractivity contribution >= 4 is 11.0 Å². The van der Waals surface area contributed by atoms with Crippen LogP contribution >= 0.6 is 0 Å². The lowest BCUT2D eigenvalue weighted by Gasteiger charge is -2.00. The van der Waals surface area contributed by atoms with Crippen LogP contribution in [-0.4, -0.2) is 20.6 Å². The molecule has 3 aromatic rings. The topological polar surface area (TPSA) is 84.7 Å². The molecule has 90 valence electrons. The average Bonchev–Trinajstić information content (AvgIpc) is 2.91. The van der Waals surface area contributed by atoms with Crippen LogP contribution in [0.25, 0.3) is 11.0 Å². The van der Waals surface area contributed by atoms with Crippen molar-refractivity contribution in [1.29, 1.82) is 0 Å². The van der Waals surface area contributed by atoms with Gasteiger partial charge in [-0.1, -0.05) is 17.3 Å². The van der Waals surface area contributed by atoms with E-state index in [0.717, 1.165) is 0 Å². The normalized spacial score (nSPS) is 10.9. The van der Waals surface area contributed by atoms with Gasteiger partial charge in [0.2, 0.25) is 0 Å². The van der Waals surface area contributed by atoms with Gasteiger partial charge >= 0.3 is 0 Å². The molecule has 0 atom stereocenters. The number of hydrogen-bond acceptors (Lipinski definition) is 5. The van der Waals surface area contributed by atoms with Gasteiger partial charge in [-0.3, -0.25) is 4.79 Å². The van der Waals surface area contributed by atoms with Crippen molar-refractivity contribution in [3.8, 4) is 0 Å². The highest BCUT2D eigenvalue weighted by molar-refractivity contribution is 5.76. The Hall–Kier alpha value is -2.50. The van der Waals surface area contributed by atoms with E-state index >= 15 is 0 Å². The fourth-order valence-corrected chi connectivity index (χ4v) is 1.83. The van der Waals surface area contributed by atoms with Gasteiger partial charge in [0.05, 0.1) is 11.6 Å². The molecule has 3 rings (SSSR count). The molecule has 0 aliphatic heterocycles. The molecule has 1 N–H and O–H groups in total. The molecule has 2 aromatic heterocycles. The van der Waals surface area contributed by atoms with Gasteiger partial charge in [0.1, 0.15) is 5.58 Å². The first kappa shape index (κ1) is 10.6. The Morgan fingerprint density at radius 3 is 2.94 bits per heavy atom. The molecule has 2 heterocycles. The molecule has 0 amide bonds. The minimum atomic E-state index is 0.000319. The highest BCUT2D eigenvalue weighted by Crippen LogP contribution is 2.11. The second-order valence-electron chi connectivity index (χ2n) is 3.91. The molecule has 0 spiro atoms. The number of tetrazole rings is 1. The van der Waals surface area contributed by atoms with Gasteiger partial charge in [-0.25, -0.2) is 0 Å². The number of nitrogens with one attached hydrogen (secondary N) is 1. The first-order chi connectivity index (χ1) is 8.84. The zero-order chi connectivity index (χ0) is 12.4. The maximum absolute atomic E-state index is 12.2. The molecule has 0 radical (unpaired) electrons. The van der Waals surface area contributed by atoms with E-state index in [1.165, 1.54) is 6.26 Å². The Labute approximate surface area is 102 Å². The van der Waals surface area contributed by atoms with Crippen molar-refractivity contribution in [2.75, 3.05) is 0 Å².